The SMILES string of the molecule is C[C@]12O[C@@]1(c1ccccc1)[C@H](c1ccccc1)NOC2=O. The lowest BCUT2D eigenvalue weighted by Gasteiger charge is -2.31. The van der Waals surface area contributed by atoms with Gasteiger partial charge in [0.25, 0.3) is 0 Å². The van der Waals surface area contributed by atoms with Crippen LogP contribution in [0.3, 0.4) is 0 Å². The smallest absolute Gasteiger partial charge is 0.360 e. The Bertz CT molecular complexity index is 688. The zero-order valence-corrected chi connectivity index (χ0v) is 11.6. The third kappa shape index (κ3) is 1.54. The summed E-state index contributed by atoms with van der Waals surface area (Å²) in [5, 5.41) is 0. The van der Waals surface area contributed by atoms with Crippen LogP contribution in [0.15, 0.2) is 60.7 Å². The molecule has 2 heterocycles. The number of benzene rings is 2. The van der Waals surface area contributed by atoms with Crippen molar-refractivity contribution in [2.45, 2.75) is 24.2 Å². The van der Waals surface area contributed by atoms with Crippen molar-refractivity contribution in [1.29, 1.82) is 0 Å². The molecule has 2 saturated heterocycles. The van der Waals surface area contributed by atoms with Gasteiger partial charge in [0.1, 0.15) is 6.04 Å². The van der Waals surface area contributed by atoms with Crippen LogP contribution in [0.1, 0.15) is 24.1 Å². The minimum atomic E-state index is -0.944. The largest absolute Gasteiger partial charge is 0.367 e. The van der Waals surface area contributed by atoms with Gasteiger partial charge in [0.15, 0.2) is 5.60 Å². The summed E-state index contributed by atoms with van der Waals surface area (Å²) in [6, 6.07) is 19.5. The van der Waals surface area contributed by atoms with Crippen LogP contribution in [-0.2, 0) is 20.0 Å². The van der Waals surface area contributed by atoms with E-state index in [2.05, 4.69) is 5.48 Å². The second-order valence-electron chi connectivity index (χ2n) is 5.59. The van der Waals surface area contributed by atoms with Crippen molar-refractivity contribution >= 4 is 5.97 Å². The molecular formula is C17H15NO3. The Balaban J connectivity index is 1.86. The molecule has 0 aliphatic carbocycles. The summed E-state index contributed by atoms with van der Waals surface area (Å²) in [5.41, 5.74) is 3.21. The van der Waals surface area contributed by atoms with Gasteiger partial charge in [-0.1, -0.05) is 60.7 Å². The number of hydroxylamine groups is 1. The number of nitrogens with one attached hydrogen (secondary N) is 1. The van der Waals surface area contributed by atoms with E-state index in [1.165, 1.54) is 0 Å². The lowest BCUT2D eigenvalue weighted by Crippen LogP contribution is -2.48. The van der Waals surface area contributed by atoms with Crippen molar-refractivity contribution in [2.24, 2.45) is 0 Å². The van der Waals surface area contributed by atoms with Gasteiger partial charge in [-0.25, -0.2) is 4.79 Å². The summed E-state index contributed by atoms with van der Waals surface area (Å²) in [6.45, 7) is 1.79. The molecule has 3 atom stereocenters. The second kappa shape index (κ2) is 4.16. The van der Waals surface area contributed by atoms with Gasteiger partial charge in [0.2, 0.25) is 5.60 Å². The quantitative estimate of drug-likeness (QED) is 0.859. The van der Waals surface area contributed by atoms with E-state index in [9.17, 15) is 4.79 Å². The zero-order valence-electron chi connectivity index (χ0n) is 11.6. The molecule has 106 valence electrons. The summed E-state index contributed by atoms with van der Waals surface area (Å²) in [4.78, 5) is 17.2. The number of ether oxygens (including phenoxy) is 1. The molecule has 4 nitrogen and oxygen atoms in total. The highest BCUT2D eigenvalue weighted by Crippen LogP contribution is 2.64. The first-order chi connectivity index (χ1) is 10.2. The fourth-order valence-electron chi connectivity index (χ4n) is 3.25. The lowest BCUT2D eigenvalue weighted by atomic mass is 9.78. The highest BCUT2D eigenvalue weighted by atomic mass is 16.7. The zero-order chi connectivity index (χ0) is 14.5. The number of epoxide rings is 1. The van der Waals surface area contributed by atoms with Crippen molar-refractivity contribution in [2.75, 3.05) is 0 Å². The van der Waals surface area contributed by atoms with Gasteiger partial charge in [0.05, 0.1) is 0 Å². The van der Waals surface area contributed by atoms with Gasteiger partial charge in [-0.15, -0.1) is 5.48 Å². The summed E-state index contributed by atoms with van der Waals surface area (Å²) < 4.78 is 5.98. The van der Waals surface area contributed by atoms with E-state index in [1.54, 1.807) is 6.92 Å². The maximum Gasteiger partial charge on any atom is 0.360 e. The van der Waals surface area contributed by atoms with Crippen LogP contribution in [0.4, 0.5) is 0 Å². The van der Waals surface area contributed by atoms with Gasteiger partial charge in [0, 0.05) is 0 Å². The molecule has 2 aromatic rings. The van der Waals surface area contributed by atoms with E-state index in [0.717, 1.165) is 11.1 Å². The van der Waals surface area contributed by atoms with E-state index in [4.69, 9.17) is 9.57 Å². The molecule has 0 bridgehead atoms. The Morgan fingerprint density at radius 1 is 1.00 bits per heavy atom. The third-order valence-corrected chi connectivity index (χ3v) is 4.43. The maximum absolute atomic E-state index is 12.1. The number of fused-ring (bicyclic) bond motifs is 1. The minimum absolute atomic E-state index is 0.233. The van der Waals surface area contributed by atoms with E-state index < -0.39 is 11.2 Å². The van der Waals surface area contributed by atoms with Gasteiger partial charge < -0.3 is 9.57 Å². The number of hydrogen-bond donors (Lipinski definition) is 1. The number of carbonyl (C=O) groups excluding carboxylic acids is 1. The highest BCUT2D eigenvalue weighted by Gasteiger charge is 2.79. The lowest BCUT2D eigenvalue weighted by molar-refractivity contribution is -0.163. The average molecular weight is 281 g/mol. The van der Waals surface area contributed by atoms with Gasteiger partial charge >= 0.3 is 5.97 Å². The highest BCUT2D eigenvalue weighted by molar-refractivity contribution is 5.86. The molecule has 2 aromatic carbocycles. The summed E-state index contributed by atoms with van der Waals surface area (Å²) >= 11 is 0. The van der Waals surface area contributed by atoms with Crippen LogP contribution in [0.2, 0.25) is 0 Å². The first kappa shape index (κ1) is 12.6. The van der Waals surface area contributed by atoms with Crippen LogP contribution in [0, 0.1) is 0 Å². The summed E-state index contributed by atoms with van der Waals surface area (Å²) in [5.74, 6) is -0.376. The van der Waals surface area contributed by atoms with Gasteiger partial charge in [-0.2, -0.15) is 0 Å². The molecule has 2 fully saturated rings. The van der Waals surface area contributed by atoms with Crippen LogP contribution in [-0.4, -0.2) is 11.6 Å². The maximum atomic E-state index is 12.1. The van der Waals surface area contributed by atoms with Gasteiger partial charge in [-0.3, -0.25) is 0 Å². The van der Waals surface area contributed by atoms with Crippen molar-refractivity contribution in [3.63, 3.8) is 0 Å². The van der Waals surface area contributed by atoms with Crippen LogP contribution < -0.4 is 5.48 Å². The van der Waals surface area contributed by atoms with Crippen LogP contribution in [0.5, 0.6) is 0 Å². The molecule has 0 unspecified atom stereocenters. The fourth-order valence-corrected chi connectivity index (χ4v) is 3.25. The second-order valence-corrected chi connectivity index (χ2v) is 5.59. The molecule has 2 aliphatic heterocycles. The van der Waals surface area contributed by atoms with Gasteiger partial charge in [-0.05, 0) is 18.1 Å². The normalized spacial score (nSPS) is 34.0. The van der Waals surface area contributed by atoms with E-state index in [-0.39, 0.29) is 12.0 Å². The van der Waals surface area contributed by atoms with Crippen LogP contribution >= 0.6 is 0 Å². The molecule has 4 rings (SSSR count). The Hall–Kier alpha value is -2.17. The number of hydrogen-bond acceptors (Lipinski definition) is 4. The first-order valence-corrected chi connectivity index (χ1v) is 6.96. The molecule has 0 spiro atoms. The van der Waals surface area contributed by atoms with Crippen molar-refractivity contribution in [1.82, 2.24) is 5.48 Å². The predicted octanol–water partition coefficient (Wildman–Crippen LogP) is 2.47. The van der Waals surface area contributed by atoms with Crippen molar-refractivity contribution in [3.05, 3.63) is 71.8 Å². The van der Waals surface area contributed by atoms with Crippen molar-refractivity contribution < 1.29 is 14.4 Å². The van der Waals surface area contributed by atoms with Crippen molar-refractivity contribution in [3.8, 4) is 0 Å². The van der Waals surface area contributed by atoms with E-state index >= 15 is 0 Å². The monoisotopic (exact) mass is 281 g/mol. The molecule has 0 aromatic heterocycles. The Labute approximate surface area is 122 Å². The Kier molecular flexibility index (Phi) is 2.49. The molecule has 1 N–H and O–H groups in total. The summed E-state index contributed by atoms with van der Waals surface area (Å²) in [6.07, 6.45) is 0. The molecule has 4 heteroatoms. The number of rotatable bonds is 2. The Morgan fingerprint density at radius 2 is 1.62 bits per heavy atom. The first-order valence-electron chi connectivity index (χ1n) is 6.96. The molecule has 0 saturated carbocycles. The molecule has 21 heavy (non-hydrogen) atoms. The molecular weight excluding hydrogens is 266 g/mol. The van der Waals surface area contributed by atoms with E-state index in [0.29, 0.717) is 0 Å². The van der Waals surface area contributed by atoms with E-state index in [1.807, 2.05) is 60.7 Å². The summed E-state index contributed by atoms with van der Waals surface area (Å²) in [7, 11) is 0. The fraction of sp³-hybridized carbons (Fsp3) is 0.235. The molecule has 0 amide bonds. The third-order valence-electron chi connectivity index (χ3n) is 4.43. The molecule has 2 aliphatic rings. The number of carbonyl (C=O) groups is 1. The topological polar surface area (TPSA) is 50.9 Å². The minimum Gasteiger partial charge on any atom is -0.367 e. The predicted molar refractivity (Wildman–Crippen MR) is 76.0 cm³/mol. The molecule has 0 radical (unpaired) electrons. The average Bonchev–Trinajstić information content (AvgIpc) is 3.19. The Morgan fingerprint density at radius 3 is 2.29 bits per heavy atom. The van der Waals surface area contributed by atoms with Crippen LogP contribution in [0.25, 0.3) is 0 Å². The standard InChI is InChI=1S/C17H15NO3/c1-16-15(19)20-18-14(12-8-4-2-5-9-12)17(16,21-16)13-10-6-3-7-11-13/h2-11,14,18H,1H3/t14-,16+,17-/m0/s1.